The van der Waals surface area contributed by atoms with Crippen molar-refractivity contribution in [2.75, 3.05) is 26.2 Å². The van der Waals surface area contributed by atoms with Gasteiger partial charge in [0, 0.05) is 44.5 Å². The molecule has 7 heteroatoms. The Bertz CT molecular complexity index is 999. The van der Waals surface area contributed by atoms with Crippen molar-refractivity contribution in [1.82, 2.24) is 14.4 Å². The van der Waals surface area contributed by atoms with Gasteiger partial charge in [-0.15, -0.1) is 0 Å². The van der Waals surface area contributed by atoms with Crippen LogP contribution in [0.5, 0.6) is 5.75 Å². The first-order valence-corrected chi connectivity index (χ1v) is 10.7. The highest BCUT2D eigenvalue weighted by Crippen LogP contribution is 2.18. The maximum absolute atomic E-state index is 12.7. The number of aromatic hydroxyl groups is 1. The number of hydrogen-bond acceptors (Lipinski definition) is 5. The SMILES string of the molecule is Cc1ccc(C)c(Cn2ccc(CN3CCN(C(=O)OC(C)(C)C)CC3)c(O)c2=O)c1. The predicted octanol–water partition coefficient (Wildman–Crippen LogP) is 3.27. The van der Waals surface area contributed by atoms with Crippen LogP contribution >= 0.6 is 0 Å². The van der Waals surface area contributed by atoms with Crippen LogP contribution in [0.15, 0.2) is 35.3 Å². The molecule has 1 aromatic heterocycles. The van der Waals surface area contributed by atoms with E-state index in [-0.39, 0.29) is 17.4 Å². The second-order valence-corrected chi connectivity index (χ2v) is 9.30. The van der Waals surface area contributed by atoms with Crippen molar-refractivity contribution in [3.05, 3.63) is 63.1 Å². The molecule has 0 saturated carbocycles. The molecule has 1 aliphatic heterocycles. The Hall–Kier alpha value is -2.80. The molecule has 0 unspecified atom stereocenters. The van der Waals surface area contributed by atoms with Gasteiger partial charge >= 0.3 is 6.09 Å². The number of carbonyl (C=O) groups is 1. The molecule has 0 spiro atoms. The summed E-state index contributed by atoms with van der Waals surface area (Å²) in [6.07, 6.45) is 1.44. The lowest BCUT2D eigenvalue weighted by Gasteiger charge is -2.35. The standard InChI is InChI=1S/C24H33N3O4/c1-17-6-7-18(2)20(14-17)16-27-9-8-19(21(28)22(27)29)15-25-10-12-26(13-11-25)23(30)31-24(3,4)5/h6-9,14,28H,10-13,15-16H2,1-5H3. The van der Waals surface area contributed by atoms with Gasteiger partial charge in [-0.25, -0.2) is 4.79 Å². The van der Waals surface area contributed by atoms with E-state index in [2.05, 4.69) is 11.0 Å². The van der Waals surface area contributed by atoms with Crippen LogP contribution in [-0.2, 0) is 17.8 Å². The number of carbonyl (C=O) groups excluding carboxylic acids is 1. The molecule has 0 aliphatic carbocycles. The van der Waals surface area contributed by atoms with Gasteiger partial charge in [-0.05, 0) is 51.8 Å². The molecule has 168 valence electrons. The van der Waals surface area contributed by atoms with E-state index in [1.54, 1.807) is 15.7 Å². The van der Waals surface area contributed by atoms with Crippen LogP contribution < -0.4 is 5.56 Å². The maximum Gasteiger partial charge on any atom is 0.410 e. The third-order valence-corrected chi connectivity index (χ3v) is 5.49. The largest absolute Gasteiger partial charge is 0.503 e. The summed E-state index contributed by atoms with van der Waals surface area (Å²) in [6, 6.07) is 7.96. The number of ether oxygens (including phenoxy) is 1. The highest BCUT2D eigenvalue weighted by molar-refractivity contribution is 5.68. The smallest absolute Gasteiger partial charge is 0.410 e. The molecule has 1 aliphatic rings. The van der Waals surface area contributed by atoms with Crippen LogP contribution in [0.25, 0.3) is 0 Å². The third kappa shape index (κ3) is 5.88. The van der Waals surface area contributed by atoms with E-state index in [1.807, 2.05) is 52.8 Å². The minimum atomic E-state index is -0.513. The molecular weight excluding hydrogens is 394 g/mol. The fourth-order valence-corrected chi connectivity index (χ4v) is 3.66. The van der Waals surface area contributed by atoms with Crippen molar-refractivity contribution in [1.29, 1.82) is 0 Å². The van der Waals surface area contributed by atoms with Crippen molar-refractivity contribution in [2.45, 2.75) is 53.3 Å². The summed E-state index contributed by atoms with van der Waals surface area (Å²) in [7, 11) is 0. The van der Waals surface area contributed by atoms with Crippen molar-refractivity contribution >= 4 is 6.09 Å². The first kappa shape index (κ1) is 22.9. The molecule has 2 aromatic rings. The average molecular weight is 428 g/mol. The zero-order valence-corrected chi connectivity index (χ0v) is 19.1. The minimum Gasteiger partial charge on any atom is -0.503 e. The van der Waals surface area contributed by atoms with E-state index in [4.69, 9.17) is 4.74 Å². The molecule has 3 rings (SSSR count). The Balaban J connectivity index is 1.63. The highest BCUT2D eigenvalue weighted by Gasteiger charge is 2.26. The molecule has 1 N–H and O–H groups in total. The fourth-order valence-electron chi connectivity index (χ4n) is 3.66. The van der Waals surface area contributed by atoms with Crippen molar-refractivity contribution in [3.63, 3.8) is 0 Å². The van der Waals surface area contributed by atoms with Crippen LogP contribution in [0.2, 0.25) is 0 Å². The molecule has 1 saturated heterocycles. The Morgan fingerprint density at radius 1 is 1.03 bits per heavy atom. The number of amides is 1. The van der Waals surface area contributed by atoms with Crippen LogP contribution in [-0.4, -0.2) is 57.3 Å². The molecule has 2 heterocycles. The Morgan fingerprint density at radius 3 is 2.35 bits per heavy atom. The zero-order chi connectivity index (χ0) is 22.8. The Morgan fingerprint density at radius 2 is 1.71 bits per heavy atom. The summed E-state index contributed by atoms with van der Waals surface area (Å²) in [4.78, 5) is 28.8. The lowest BCUT2D eigenvalue weighted by molar-refractivity contribution is 0.0138. The summed E-state index contributed by atoms with van der Waals surface area (Å²) in [5, 5.41) is 10.5. The summed E-state index contributed by atoms with van der Waals surface area (Å²) < 4.78 is 6.97. The van der Waals surface area contributed by atoms with Crippen molar-refractivity contribution in [2.24, 2.45) is 0 Å². The first-order chi connectivity index (χ1) is 14.5. The van der Waals surface area contributed by atoms with Gasteiger partial charge in [-0.3, -0.25) is 9.69 Å². The number of nitrogens with zero attached hydrogens (tertiary/aromatic N) is 3. The van der Waals surface area contributed by atoms with E-state index in [0.717, 1.165) is 16.7 Å². The van der Waals surface area contributed by atoms with Crippen LogP contribution in [0.1, 0.15) is 43.0 Å². The van der Waals surface area contributed by atoms with Crippen LogP contribution in [0, 0.1) is 13.8 Å². The third-order valence-electron chi connectivity index (χ3n) is 5.49. The number of pyridine rings is 1. The quantitative estimate of drug-likeness (QED) is 0.811. The van der Waals surface area contributed by atoms with Crippen LogP contribution in [0.3, 0.4) is 0 Å². The summed E-state index contributed by atoms with van der Waals surface area (Å²) >= 11 is 0. The lowest BCUT2D eigenvalue weighted by atomic mass is 10.1. The van der Waals surface area contributed by atoms with Crippen LogP contribution in [0.4, 0.5) is 4.79 Å². The van der Waals surface area contributed by atoms with Gasteiger partial charge in [0.25, 0.3) is 5.56 Å². The Labute approximate surface area is 183 Å². The molecule has 7 nitrogen and oxygen atoms in total. The summed E-state index contributed by atoms with van der Waals surface area (Å²) in [6.45, 7) is 12.9. The summed E-state index contributed by atoms with van der Waals surface area (Å²) in [5.41, 5.74) is 3.02. The number of piperazine rings is 1. The number of aromatic nitrogens is 1. The van der Waals surface area contributed by atoms with Gasteiger partial charge in [-0.2, -0.15) is 0 Å². The van der Waals surface area contributed by atoms with E-state index in [0.29, 0.717) is 44.8 Å². The molecule has 0 bridgehead atoms. The monoisotopic (exact) mass is 427 g/mol. The molecule has 0 radical (unpaired) electrons. The fraction of sp³-hybridized carbons (Fsp3) is 0.500. The number of hydrogen-bond donors (Lipinski definition) is 1. The van der Waals surface area contributed by atoms with Gasteiger partial charge in [-0.1, -0.05) is 23.8 Å². The number of rotatable bonds is 4. The van der Waals surface area contributed by atoms with Gasteiger partial charge in [0.2, 0.25) is 0 Å². The molecule has 1 aromatic carbocycles. The van der Waals surface area contributed by atoms with Gasteiger partial charge in [0.15, 0.2) is 5.75 Å². The molecule has 0 atom stereocenters. The second kappa shape index (κ2) is 9.14. The topological polar surface area (TPSA) is 75.0 Å². The normalized spacial score (nSPS) is 15.2. The average Bonchev–Trinajstić information content (AvgIpc) is 2.69. The molecule has 31 heavy (non-hydrogen) atoms. The molecular formula is C24H33N3O4. The van der Waals surface area contributed by atoms with Crippen molar-refractivity contribution in [3.8, 4) is 5.75 Å². The second-order valence-electron chi connectivity index (χ2n) is 9.30. The predicted molar refractivity (Wildman–Crippen MR) is 120 cm³/mol. The summed E-state index contributed by atoms with van der Waals surface area (Å²) in [5.74, 6) is -0.206. The maximum atomic E-state index is 12.7. The van der Waals surface area contributed by atoms with Gasteiger partial charge in [0.1, 0.15) is 5.60 Å². The Kier molecular flexibility index (Phi) is 6.74. The molecule has 1 amide bonds. The van der Waals surface area contributed by atoms with Gasteiger partial charge in [0.05, 0.1) is 6.54 Å². The number of benzene rings is 1. The number of aryl methyl sites for hydroxylation is 2. The van der Waals surface area contributed by atoms with Gasteiger partial charge < -0.3 is 19.3 Å². The minimum absolute atomic E-state index is 0.206. The first-order valence-electron chi connectivity index (χ1n) is 10.7. The lowest BCUT2D eigenvalue weighted by Crippen LogP contribution is -2.49. The highest BCUT2D eigenvalue weighted by atomic mass is 16.6. The van der Waals surface area contributed by atoms with E-state index in [9.17, 15) is 14.7 Å². The van der Waals surface area contributed by atoms with E-state index < -0.39 is 5.60 Å². The zero-order valence-electron chi connectivity index (χ0n) is 19.1. The van der Waals surface area contributed by atoms with Crippen molar-refractivity contribution < 1.29 is 14.6 Å². The van der Waals surface area contributed by atoms with E-state index >= 15 is 0 Å². The molecule has 1 fully saturated rings. The van der Waals surface area contributed by atoms with E-state index in [1.165, 1.54) is 0 Å².